The van der Waals surface area contributed by atoms with Gasteiger partial charge in [0.25, 0.3) is 0 Å². The van der Waals surface area contributed by atoms with Crippen molar-refractivity contribution in [2.24, 2.45) is 0 Å². The van der Waals surface area contributed by atoms with Crippen molar-refractivity contribution in [2.45, 2.75) is 18.6 Å². The van der Waals surface area contributed by atoms with Crippen LogP contribution in [-0.2, 0) is 4.74 Å². The fourth-order valence-corrected chi connectivity index (χ4v) is 1.85. The molecule has 0 N–H and O–H groups in total. The summed E-state index contributed by atoms with van der Waals surface area (Å²) in [4.78, 5) is 0. The molecule has 0 saturated carbocycles. The summed E-state index contributed by atoms with van der Waals surface area (Å²) in [7, 11) is 0. The van der Waals surface area contributed by atoms with Gasteiger partial charge >= 0.3 is 6.61 Å². The van der Waals surface area contributed by atoms with Crippen LogP contribution in [-0.4, -0.2) is 18.8 Å². The number of allylic oxidation sites excluding steroid dienone is 2. The predicted octanol–water partition coefficient (Wildman–Crippen LogP) is 3.86. The third-order valence-corrected chi connectivity index (χ3v) is 2.70. The smallest absolute Gasteiger partial charge is 0.346 e. The molecule has 0 saturated heterocycles. The molecule has 0 amide bonds. The summed E-state index contributed by atoms with van der Waals surface area (Å²) in [5.74, 6) is 0.00270. The average Bonchev–Trinajstić information content (AvgIpc) is 2.37. The summed E-state index contributed by atoms with van der Waals surface area (Å²) in [5, 5.41) is 0. The minimum atomic E-state index is -2.99. The lowest BCUT2D eigenvalue weighted by molar-refractivity contribution is -0.200. The van der Waals surface area contributed by atoms with Gasteiger partial charge in [-0.3, -0.25) is 0 Å². The summed E-state index contributed by atoms with van der Waals surface area (Å²) in [5.41, 5.74) is -1.47. The second-order valence-corrected chi connectivity index (χ2v) is 4.19. The van der Waals surface area contributed by atoms with Crippen LogP contribution in [0.5, 0.6) is 5.75 Å². The first-order chi connectivity index (χ1) is 9.10. The van der Waals surface area contributed by atoms with Crippen LogP contribution >= 0.6 is 0 Å². The maximum atomic E-state index is 13.3. The number of alkyl halides is 2. The highest BCUT2D eigenvalue weighted by molar-refractivity contribution is 5.25. The van der Waals surface area contributed by atoms with Gasteiger partial charge < -0.3 is 9.47 Å². The predicted molar refractivity (Wildman–Crippen MR) is 64.7 cm³/mol. The topological polar surface area (TPSA) is 18.5 Å². The molecule has 1 aromatic carbocycles. The van der Waals surface area contributed by atoms with E-state index >= 15 is 0 Å². The Morgan fingerprint density at radius 3 is 2.58 bits per heavy atom. The molecule has 1 aromatic rings. The number of hydrogen-bond donors (Lipinski definition) is 0. The zero-order chi connectivity index (χ0) is 13.7. The molecule has 5 heteroatoms. The van der Waals surface area contributed by atoms with Crippen LogP contribution < -0.4 is 4.74 Å². The standard InChI is InChI=1S/C14H13F3O2/c15-11-5-4-8-14(9-11,19-13(16)17)10-18-12-6-2-1-3-7-12/h1-8,13H,9-10H2. The summed E-state index contributed by atoms with van der Waals surface area (Å²) in [6.45, 7) is -3.17. The number of rotatable bonds is 5. The normalized spacial score (nSPS) is 22.4. The third kappa shape index (κ3) is 3.86. The molecule has 1 aliphatic rings. The molecule has 0 bridgehead atoms. The average molecular weight is 270 g/mol. The molecule has 0 aliphatic heterocycles. The number of hydrogen-bond acceptors (Lipinski definition) is 2. The molecular formula is C14H13F3O2. The second kappa shape index (κ2) is 5.93. The maximum absolute atomic E-state index is 13.3. The first-order valence-corrected chi connectivity index (χ1v) is 5.77. The van der Waals surface area contributed by atoms with Crippen molar-refractivity contribution in [3.8, 4) is 5.75 Å². The first kappa shape index (κ1) is 13.7. The van der Waals surface area contributed by atoms with Crippen LogP contribution in [0.15, 0.2) is 54.4 Å². The van der Waals surface area contributed by atoms with E-state index in [4.69, 9.17) is 4.74 Å². The van der Waals surface area contributed by atoms with Crippen molar-refractivity contribution in [1.29, 1.82) is 0 Å². The van der Waals surface area contributed by atoms with Crippen LogP contribution in [0.2, 0.25) is 0 Å². The molecule has 0 radical (unpaired) electrons. The van der Waals surface area contributed by atoms with Gasteiger partial charge in [-0.25, -0.2) is 4.39 Å². The van der Waals surface area contributed by atoms with Crippen molar-refractivity contribution in [3.63, 3.8) is 0 Å². The van der Waals surface area contributed by atoms with Crippen molar-refractivity contribution < 1.29 is 22.6 Å². The Bertz CT molecular complexity index is 471. The zero-order valence-corrected chi connectivity index (χ0v) is 10.1. The Hall–Kier alpha value is -1.75. The van der Waals surface area contributed by atoms with Crippen molar-refractivity contribution in [2.75, 3.05) is 6.61 Å². The summed E-state index contributed by atoms with van der Waals surface area (Å²) in [6.07, 6.45) is 3.71. The van der Waals surface area contributed by atoms with E-state index in [0.29, 0.717) is 5.75 Å². The fourth-order valence-electron chi connectivity index (χ4n) is 1.85. The fraction of sp³-hybridized carbons (Fsp3) is 0.286. The van der Waals surface area contributed by atoms with Crippen LogP contribution in [0.4, 0.5) is 13.2 Å². The minimum Gasteiger partial charge on any atom is -0.490 e. The molecule has 1 aliphatic carbocycles. The number of para-hydroxylation sites is 1. The number of ether oxygens (including phenoxy) is 2. The molecule has 2 nitrogen and oxygen atoms in total. The van der Waals surface area contributed by atoms with Gasteiger partial charge in [0.05, 0.1) is 0 Å². The lowest BCUT2D eigenvalue weighted by Crippen LogP contribution is -2.40. The zero-order valence-electron chi connectivity index (χ0n) is 10.1. The maximum Gasteiger partial charge on any atom is 0.346 e. The molecule has 1 unspecified atom stereocenters. The molecule has 0 fully saturated rings. The Kier molecular flexibility index (Phi) is 4.27. The van der Waals surface area contributed by atoms with Crippen LogP contribution in [0.3, 0.4) is 0 Å². The van der Waals surface area contributed by atoms with Gasteiger partial charge in [-0.1, -0.05) is 24.3 Å². The molecular weight excluding hydrogens is 257 g/mol. The molecule has 0 heterocycles. The van der Waals surface area contributed by atoms with Gasteiger partial charge in [0.15, 0.2) is 0 Å². The molecule has 102 valence electrons. The van der Waals surface area contributed by atoms with E-state index in [2.05, 4.69) is 4.74 Å². The quantitative estimate of drug-likeness (QED) is 0.809. The summed E-state index contributed by atoms with van der Waals surface area (Å²) in [6, 6.07) is 8.70. The molecule has 0 aromatic heterocycles. The van der Waals surface area contributed by atoms with Gasteiger partial charge in [-0.2, -0.15) is 8.78 Å². The van der Waals surface area contributed by atoms with E-state index in [1.807, 2.05) is 0 Å². The number of benzene rings is 1. The van der Waals surface area contributed by atoms with E-state index in [1.54, 1.807) is 30.3 Å². The van der Waals surface area contributed by atoms with Crippen LogP contribution in [0.25, 0.3) is 0 Å². The van der Waals surface area contributed by atoms with Gasteiger partial charge in [-0.15, -0.1) is 0 Å². The molecule has 19 heavy (non-hydrogen) atoms. The minimum absolute atomic E-state index is 0.181. The van der Waals surface area contributed by atoms with Gasteiger partial charge in [0.1, 0.15) is 23.8 Å². The highest BCUT2D eigenvalue weighted by atomic mass is 19.3. The van der Waals surface area contributed by atoms with E-state index in [9.17, 15) is 13.2 Å². The lowest BCUT2D eigenvalue weighted by atomic mass is 9.95. The third-order valence-electron chi connectivity index (χ3n) is 2.70. The Morgan fingerprint density at radius 1 is 1.21 bits per heavy atom. The van der Waals surface area contributed by atoms with Gasteiger partial charge in [-0.05, 0) is 24.3 Å². The van der Waals surface area contributed by atoms with E-state index in [0.717, 1.165) is 0 Å². The first-order valence-electron chi connectivity index (χ1n) is 5.77. The van der Waals surface area contributed by atoms with Crippen LogP contribution in [0, 0.1) is 0 Å². The lowest BCUT2D eigenvalue weighted by Gasteiger charge is -2.31. The van der Waals surface area contributed by atoms with Crippen LogP contribution in [0.1, 0.15) is 6.42 Å². The van der Waals surface area contributed by atoms with Crippen molar-refractivity contribution >= 4 is 0 Å². The largest absolute Gasteiger partial charge is 0.490 e. The van der Waals surface area contributed by atoms with Crippen molar-refractivity contribution in [1.82, 2.24) is 0 Å². The van der Waals surface area contributed by atoms with Gasteiger partial charge in [0.2, 0.25) is 0 Å². The Balaban J connectivity index is 2.07. The monoisotopic (exact) mass is 270 g/mol. The molecule has 0 spiro atoms. The molecule has 2 rings (SSSR count). The van der Waals surface area contributed by atoms with Crippen molar-refractivity contribution in [3.05, 3.63) is 54.4 Å². The summed E-state index contributed by atoms with van der Waals surface area (Å²) >= 11 is 0. The molecule has 1 atom stereocenters. The highest BCUT2D eigenvalue weighted by Crippen LogP contribution is 2.30. The summed E-state index contributed by atoms with van der Waals surface area (Å²) < 4.78 is 48.2. The Labute approximate surface area is 109 Å². The van der Waals surface area contributed by atoms with E-state index in [-0.39, 0.29) is 13.0 Å². The second-order valence-electron chi connectivity index (χ2n) is 4.19. The Morgan fingerprint density at radius 2 is 1.95 bits per heavy atom. The highest BCUT2D eigenvalue weighted by Gasteiger charge is 2.35. The van der Waals surface area contributed by atoms with E-state index in [1.165, 1.54) is 18.2 Å². The van der Waals surface area contributed by atoms with E-state index < -0.39 is 18.0 Å². The van der Waals surface area contributed by atoms with Gasteiger partial charge in [0, 0.05) is 6.42 Å². The SMILES string of the molecule is FC1=CC=CC(COc2ccccc2)(OC(F)F)C1. The number of halogens is 3.